The second-order valence-electron chi connectivity index (χ2n) is 3.39. The molecule has 0 saturated carbocycles. The second-order valence-corrected chi connectivity index (χ2v) is 5.74. The van der Waals surface area contributed by atoms with Gasteiger partial charge in [0, 0.05) is 16.5 Å². The second kappa shape index (κ2) is 3.37. The van der Waals surface area contributed by atoms with E-state index >= 15 is 0 Å². The van der Waals surface area contributed by atoms with Crippen LogP contribution >= 0.6 is 36.2 Å². The minimum Gasteiger partial charge on any atom is -0.0714 e. The van der Waals surface area contributed by atoms with Crippen LogP contribution in [0.1, 0.15) is 11.1 Å². The number of benzene rings is 2. The SMILES string of the molecule is S=C1SC(=S)c2cccc3cccc1c23. The van der Waals surface area contributed by atoms with E-state index in [1.54, 1.807) is 0 Å². The molecule has 1 heterocycles. The van der Waals surface area contributed by atoms with Crippen LogP contribution in [-0.2, 0) is 0 Å². The maximum Gasteiger partial charge on any atom is 0.0840 e. The van der Waals surface area contributed by atoms with Gasteiger partial charge >= 0.3 is 0 Å². The maximum atomic E-state index is 5.35. The van der Waals surface area contributed by atoms with E-state index in [0.717, 1.165) is 19.5 Å². The number of hydrogen-bond acceptors (Lipinski definition) is 3. The van der Waals surface area contributed by atoms with Crippen molar-refractivity contribution in [2.24, 2.45) is 0 Å². The van der Waals surface area contributed by atoms with Gasteiger partial charge in [-0.25, -0.2) is 0 Å². The number of thiocarbonyl (C=S) groups is 2. The average molecular weight is 246 g/mol. The van der Waals surface area contributed by atoms with Gasteiger partial charge in [-0.15, -0.1) is 0 Å². The minimum atomic E-state index is 0.893. The van der Waals surface area contributed by atoms with Crippen LogP contribution in [0.4, 0.5) is 0 Å². The largest absolute Gasteiger partial charge is 0.0840 e. The maximum absolute atomic E-state index is 5.35. The quantitative estimate of drug-likeness (QED) is 0.646. The molecule has 72 valence electrons. The fraction of sp³-hybridized carbons (Fsp3) is 0. The monoisotopic (exact) mass is 246 g/mol. The van der Waals surface area contributed by atoms with E-state index in [-0.39, 0.29) is 0 Å². The lowest BCUT2D eigenvalue weighted by molar-refractivity contribution is 1.71. The zero-order chi connectivity index (χ0) is 10.4. The van der Waals surface area contributed by atoms with Crippen molar-refractivity contribution in [1.29, 1.82) is 0 Å². The highest BCUT2D eigenvalue weighted by molar-refractivity contribution is 8.39. The van der Waals surface area contributed by atoms with Crippen LogP contribution in [0.2, 0.25) is 0 Å². The molecule has 0 aliphatic carbocycles. The molecule has 15 heavy (non-hydrogen) atoms. The fourth-order valence-corrected chi connectivity index (χ4v) is 3.60. The van der Waals surface area contributed by atoms with E-state index in [1.807, 2.05) is 12.1 Å². The zero-order valence-electron chi connectivity index (χ0n) is 7.69. The summed E-state index contributed by atoms with van der Waals surface area (Å²) in [5.74, 6) is 0. The molecule has 0 nitrogen and oxygen atoms in total. The van der Waals surface area contributed by atoms with Crippen LogP contribution in [0.25, 0.3) is 10.8 Å². The molecule has 0 saturated heterocycles. The summed E-state index contributed by atoms with van der Waals surface area (Å²) >= 11 is 12.2. The molecule has 3 rings (SSSR count). The summed E-state index contributed by atoms with van der Waals surface area (Å²) in [4.78, 5) is 0. The molecule has 2 aromatic carbocycles. The highest BCUT2D eigenvalue weighted by atomic mass is 32.2. The summed E-state index contributed by atoms with van der Waals surface area (Å²) in [6, 6.07) is 12.4. The third kappa shape index (κ3) is 1.34. The molecule has 0 unspecified atom stereocenters. The van der Waals surface area contributed by atoms with Gasteiger partial charge in [0.05, 0.1) is 8.39 Å². The first-order chi connectivity index (χ1) is 7.27. The first kappa shape index (κ1) is 9.46. The Morgan fingerprint density at radius 2 is 1.33 bits per heavy atom. The van der Waals surface area contributed by atoms with Crippen LogP contribution in [0.5, 0.6) is 0 Å². The van der Waals surface area contributed by atoms with Crippen LogP contribution in [0.15, 0.2) is 36.4 Å². The van der Waals surface area contributed by atoms with Gasteiger partial charge in [0.15, 0.2) is 0 Å². The van der Waals surface area contributed by atoms with Crippen molar-refractivity contribution < 1.29 is 0 Å². The van der Waals surface area contributed by atoms with Crippen LogP contribution in [-0.4, -0.2) is 8.39 Å². The summed E-state index contributed by atoms with van der Waals surface area (Å²) in [6.07, 6.45) is 0. The lowest BCUT2D eigenvalue weighted by atomic mass is 10.0. The molecule has 0 bridgehead atoms. The van der Waals surface area contributed by atoms with Gasteiger partial charge in [0.25, 0.3) is 0 Å². The van der Waals surface area contributed by atoms with E-state index in [1.165, 1.54) is 22.5 Å². The van der Waals surface area contributed by atoms with Gasteiger partial charge in [-0.2, -0.15) is 0 Å². The van der Waals surface area contributed by atoms with Crippen molar-refractivity contribution in [2.45, 2.75) is 0 Å². The molecule has 0 atom stereocenters. The highest BCUT2D eigenvalue weighted by Gasteiger charge is 2.20. The Balaban J connectivity index is 2.56. The predicted octanol–water partition coefficient (Wildman–Crippen LogP) is 3.94. The summed E-state index contributed by atoms with van der Waals surface area (Å²) < 4.78 is 1.79. The molecule has 0 radical (unpaired) electrons. The molecular formula is C12H6S3. The Kier molecular flexibility index (Phi) is 2.12. The van der Waals surface area contributed by atoms with E-state index < -0.39 is 0 Å². The molecular weight excluding hydrogens is 240 g/mol. The lowest BCUT2D eigenvalue weighted by Crippen LogP contribution is -2.08. The standard InChI is InChI=1S/C12H6S3/c13-11-8-5-1-3-7-4-2-6-9(10(7)8)12(14)15-11/h1-6H. The van der Waals surface area contributed by atoms with Crippen molar-refractivity contribution in [3.63, 3.8) is 0 Å². The summed E-state index contributed by atoms with van der Waals surface area (Å²) in [5, 5.41) is 2.43. The van der Waals surface area contributed by atoms with E-state index in [2.05, 4.69) is 24.3 Å². The van der Waals surface area contributed by atoms with Crippen molar-refractivity contribution in [1.82, 2.24) is 0 Å². The Hall–Kier alpha value is -0.770. The number of thioether (sulfide) groups is 1. The van der Waals surface area contributed by atoms with Gasteiger partial charge in [0.2, 0.25) is 0 Å². The molecule has 1 aliphatic rings. The lowest BCUT2D eigenvalue weighted by Gasteiger charge is -2.17. The topological polar surface area (TPSA) is 0 Å². The first-order valence-electron chi connectivity index (χ1n) is 4.55. The Labute approximate surface area is 103 Å². The Morgan fingerprint density at radius 3 is 1.87 bits per heavy atom. The molecule has 0 N–H and O–H groups in total. The minimum absolute atomic E-state index is 0.893. The Morgan fingerprint density at radius 1 is 0.800 bits per heavy atom. The molecule has 0 fully saturated rings. The van der Waals surface area contributed by atoms with Crippen molar-refractivity contribution in [3.8, 4) is 0 Å². The third-order valence-corrected chi connectivity index (χ3v) is 4.28. The van der Waals surface area contributed by atoms with Crippen molar-refractivity contribution in [2.75, 3.05) is 0 Å². The van der Waals surface area contributed by atoms with E-state index in [0.29, 0.717) is 0 Å². The average Bonchev–Trinajstić information content (AvgIpc) is 2.25. The van der Waals surface area contributed by atoms with Crippen LogP contribution in [0, 0.1) is 0 Å². The normalized spacial score (nSPS) is 14.7. The van der Waals surface area contributed by atoms with Gasteiger partial charge in [-0.05, 0) is 5.39 Å². The molecule has 1 aliphatic heterocycles. The highest BCUT2D eigenvalue weighted by Crippen LogP contribution is 2.35. The summed E-state index contributed by atoms with van der Waals surface area (Å²) in [5.41, 5.74) is 2.30. The van der Waals surface area contributed by atoms with Gasteiger partial charge in [0.1, 0.15) is 0 Å². The molecule has 3 heteroatoms. The fourth-order valence-electron chi connectivity index (χ4n) is 1.88. The smallest absolute Gasteiger partial charge is 0.0714 e. The zero-order valence-corrected chi connectivity index (χ0v) is 10.1. The molecule has 0 spiro atoms. The van der Waals surface area contributed by atoms with Crippen molar-refractivity contribution in [3.05, 3.63) is 47.5 Å². The third-order valence-electron chi connectivity index (χ3n) is 2.53. The van der Waals surface area contributed by atoms with Crippen LogP contribution in [0.3, 0.4) is 0 Å². The molecule has 2 aromatic rings. The molecule has 0 aromatic heterocycles. The van der Waals surface area contributed by atoms with Crippen molar-refractivity contribution >= 4 is 55.4 Å². The Bertz CT molecular complexity index is 550. The van der Waals surface area contributed by atoms with Gasteiger partial charge in [-0.1, -0.05) is 72.6 Å². The number of rotatable bonds is 0. The predicted molar refractivity (Wildman–Crippen MR) is 74.9 cm³/mol. The number of hydrogen-bond donors (Lipinski definition) is 0. The van der Waals surface area contributed by atoms with Gasteiger partial charge < -0.3 is 0 Å². The first-order valence-corrected chi connectivity index (χ1v) is 6.19. The summed E-state index contributed by atoms with van der Waals surface area (Å²) in [6.45, 7) is 0. The van der Waals surface area contributed by atoms with Gasteiger partial charge in [-0.3, -0.25) is 0 Å². The molecule has 0 amide bonds. The summed E-state index contributed by atoms with van der Waals surface area (Å²) in [7, 11) is 0. The van der Waals surface area contributed by atoms with Crippen LogP contribution < -0.4 is 0 Å². The van der Waals surface area contributed by atoms with E-state index in [9.17, 15) is 0 Å². The van der Waals surface area contributed by atoms with E-state index in [4.69, 9.17) is 24.4 Å².